The average Bonchev–Trinajstić information content (AvgIpc) is 2.82. The highest BCUT2D eigenvalue weighted by molar-refractivity contribution is 5.77. The van der Waals surface area contributed by atoms with Crippen molar-refractivity contribution >= 4 is 5.91 Å². The molecule has 31 heavy (non-hydrogen) atoms. The van der Waals surface area contributed by atoms with E-state index in [9.17, 15) is 4.79 Å². The van der Waals surface area contributed by atoms with E-state index in [1.165, 1.54) is 49.7 Å². The summed E-state index contributed by atoms with van der Waals surface area (Å²) < 4.78 is 0. The third-order valence-corrected chi connectivity index (χ3v) is 5.99. The number of rotatable bonds is 16. The second-order valence-corrected chi connectivity index (χ2v) is 8.49. The quantitative estimate of drug-likeness (QED) is 0.396. The van der Waals surface area contributed by atoms with Crippen LogP contribution in [0.5, 0.6) is 0 Å². The molecule has 0 fully saturated rings. The van der Waals surface area contributed by atoms with Crippen LogP contribution in [0.2, 0.25) is 0 Å². The number of hydrogen-bond acceptors (Lipinski definition) is 1. The van der Waals surface area contributed by atoms with Crippen molar-refractivity contribution in [1.29, 1.82) is 0 Å². The molecular weight excluding hydrogens is 382 g/mol. The van der Waals surface area contributed by atoms with E-state index in [1.807, 2.05) is 12.1 Å². The highest BCUT2D eigenvalue weighted by Gasteiger charge is 2.21. The highest BCUT2D eigenvalue weighted by Crippen LogP contribution is 2.28. The molecule has 0 aromatic heterocycles. The SMILES string of the molecule is [NH3+]CCCCCCN(CCCCCC[NH3+])C(=O)CC(c1ccccc1)c1ccccc1. The molecule has 170 valence electrons. The Balaban J connectivity index is 2.04. The number of amides is 1. The summed E-state index contributed by atoms with van der Waals surface area (Å²) in [7, 11) is 0. The minimum Gasteiger partial charge on any atom is -0.358 e. The zero-order chi connectivity index (χ0) is 22.2. The van der Waals surface area contributed by atoms with Gasteiger partial charge in [-0.2, -0.15) is 0 Å². The van der Waals surface area contributed by atoms with Gasteiger partial charge in [0.2, 0.25) is 5.91 Å². The lowest BCUT2D eigenvalue weighted by molar-refractivity contribution is -0.368. The third-order valence-electron chi connectivity index (χ3n) is 5.99. The first-order chi connectivity index (χ1) is 15.3. The van der Waals surface area contributed by atoms with Gasteiger partial charge in [-0.15, -0.1) is 0 Å². The molecular formula is C27H43N3O+2. The molecule has 0 saturated heterocycles. The summed E-state index contributed by atoms with van der Waals surface area (Å²) in [6.07, 6.45) is 9.87. The van der Waals surface area contributed by atoms with Gasteiger partial charge in [0.05, 0.1) is 13.1 Å². The van der Waals surface area contributed by atoms with Crippen LogP contribution >= 0.6 is 0 Å². The molecule has 2 aromatic rings. The summed E-state index contributed by atoms with van der Waals surface area (Å²) in [5, 5.41) is 0. The first kappa shape index (κ1) is 25.1. The van der Waals surface area contributed by atoms with Crippen LogP contribution in [0.1, 0.15) is 74.8 Å². The van der Waals surface area contributed by atoms with Crippen molar-refractivity contribution in [2.75, 3.05) is 26.2 Å². The summed E-state index contributed by atoms with van der Waals surface area (Å²) in [5.74, 6) is 0.391. The third kappa shape index (κ3) is 9.67. The molecule has 0 radical (unpaired) electrons. The van der Waals surface area contributed by atoms with Crippen molar-refractivity contribution in [2.45, 2.75) is 63.7 Å². The Morgan fingerprint density at radius 2 is 1.06 bits per heavy atom. The lowest BCUT2D eigenvalue weighted by Crippen LogP contribution is -2.50. The van der Waals surface area contributed by atoms with Crippen LogP contribution in [0, 0.1) is 0 Å². The van der Waals surface area contributed by atoms with Crippen molar-refractivity contribution in [2.24, 2.45) is 0 Å². The Labute approximate surface area is 189 Å². The van der Waals surface area contributed by atoms with E-state index in [1.54, 1.807) is 0 Å². The molecule has 0 bridgehead atoms. The maximum Gasteiger partial charge on any atom is 0.223 e. The molecule has 0 unspecified atom stereocenters. The van der Waals surface area contributed by atoms with Gasteiger partial charge in [-0.1, -0.05) is 73.5 Å². The lowest BCUT2D eigenvalue weighted by atomic mass is 9.88. The molecule has 0 heterocycles. The molecule has 2 rings (SSSR count). The maximum absolute atomic E-state index is 13.4. The molecule has 0 aliphatic carbocycles. The van der Waals surface area contributed by atoms with Crippen LogP contribution in [-0.2, 0) is 4.79 Å². The number of nitrogens with zero attached hydrogens (tertiary/aromatic N) is 1. The lowest BCUT2D eigenvalue weighted by Gasteiger charge is -2.26. The summed E-state index contributed by atoms with van der Waals surface area (Å²) in [6, 6.07) is 20.9. The fourth-order valence-electron chi connectivity index (χ4n) is 4.13. The minimum atomic E-state index is 0.106. The standard InChI is InChI=1S/C27H41N3O/c28-19-11-1-3-13-21-30(22-14-4-2-12-20-29)27(31)23-26(24-15-7-5-8-16-24)25-17-9-6-10-18-25/h5-10,15-18,26H,1-4,11-14,19-23,28-29H2/p+2. The fraction of sp³-hybridized carbons (Fsp3) is 0.519. The van der Waals surface area contributed by atoms with Crippen LogP contribution in [0.3, 0.4) is 0 Å². The van der Waals surface area contributed by atoms with Gasteiger partial charge in [0.15, 0.2) is 0 Å². The van der Waals surface area contributed by atoms with Crippen molar-refractivity contribution in [3.63, 3.8) is 0 Å². The number of unbranched alkanes of at least 4 members (excludes halogenated alkanes) is 6. The predicted octanol–water partition coefficient (Wildman–Crippen LogP) is 3.64. The van der Waals surface area contributed by atoms with Gasteiger partial charge in [0.25, 0.3) is 0 Å². The molecule has 1 amide bonds. The van der Waals surface area contributed by atoms with E-state index in [-0.39, 0.29) is 11.8 Å². The average molecular weight is 426 g/mol. The number of hydrogen-bond donors (Lipinski definition) is 2. The normalized spacial score (nSPS) is 11.1. The Kier molecular flexibility index (Phi) is 12.6. The Bertz CT molecular complexity index is 651. The van der Waals surface area contributed by atoms with Crippen LogP contribution in [0.25, 0.3) is 0 Å². The van der Waals surface area contributed by atoms with Gasteiger partial charge in [-0.25, -0.2) is 0 Å². The van der Waals surface area contributed by atoms with Crippen LogP contribution in [-0.4, -0.2) is 37.0 Å². The molecule has 0 atom stereocenters. The summed E-state index contributed by atoms with van der Waals surface area (Å²) in [4.78, 5) is 15.6. The predicted molar refractivity (Wildman–Crippen MR) is 128 cm³/mol. The van der Waals surface area contributed by atoms with Crippen molar-refractivity contribution in [3.05, 3.63) is 71.8 Å². The maximum atomic E-state index is 13.4. The molecule has 0 aliphatic rings. The molecule has 0 saturated carbocycles. The number of benzene rings is 2. The van der Waals surface area contributed by atoms with Crippen molar-refractivity contribution in [1.82, 2.24) is 4.90 Å². The monoisotopic (exact) mass is 425 g/mol. The van der Waals surface area contributed by atoms with Gasteiger partial charge in [0, 0.05) is 25.4 Å². The van der Waals surface area contributed by atoms with Crippen molar-refractivity contribution < 1.29 is 16.3 Å². The summed E-state index contributed by atoms with van der Waals surface area (Å²) >= 11 is 0. The molecule has 6 N–H and O–H groups in total. The number of carbonyl (C=O) groups excluding carboxylic acids is 1. The Hall–Kier alpha value is -2.17. The zero-order valence-electron chi connectivity index (χ0n) is 19.3. The second-order valence-electron chi connectivity index (χ2n) is 8.49. The van der Waals surface area contributed by atoms with Crippen LogP contribution in [0.15, 0.2) is 60.7 Å². The molecule has 0 aliphatic heterocycles. The van der Waals surface area contributed by atoms with E-state index in [0.717, 1.165) is 39.0 Å². The Morgan fingerprint density at radius 3 is 1.48 bits per heavy atom. The van der Waals surface area contributed by atoms with Crippen LogP contribution < -0.4 is 11.5 Å². The molecule has 2 aromatic carbocycles. The zero-order valence-corrected chi connectivity index (χ0v) is 19.3. The summed E-state index contributed by atoms with van der Waals surface area (Å²) in [6.45, 7) is 3.76. The van der Waals surface area contributed by atoms with Gasteiger partial charge < -0.3 is 16.4 Å². The Morgan fingerprint density at radius 1 is 0.645 bits per heavy atom. The molecule has 4 heteroatoms. The van der Waals surface area contributed by atoms with E-state index >= 15 is 0 Å². The molecule has 0 spiro atoms. The number of carbonyl (C=O) groups is 1. The topological polar surface area (TPSA) is 75.6 Å². The van der Waals surface area contributed by atoms with E-state index < -0.39 is 0 Å². The van der Waals surface area contributed by atoms with E-state index in [2.05, 4.69) is 64.9 Å². The van der Waals surface area contributed by atoms with E-state index in [4.69, 9.17) is 0 Å². The van der Waals surface area contributed by atoms with Gasteiger partial charge >= 0.3 is 0 Å². The first-order valence-electron chi connectivity index (χ1n) is 12.2. The van der Waals surface area contributed by atoms with Gasteiger partial charge in [0.1, 0.15) is 0 Å². The van der Waals surface area contributed by atoms with Gasteiger partial charge in [-0.05, 0) is 49.7 Å². The van der Waals surface area contributed by atoms with E-state index in [0.29, 0.717) is 6.42 Å². The number of quaternary nitrogens is 2. The van der Waals surface area contributed by atoms with Gasteiger partial charge in [-0.3, -0.25) is 4.79 Å². The smallest absolute Gasteiger partial charge is 0.223 e. The molecule has 4 nitrogen and oxygen atoms in total. The second kappa shape index (κ2) is 15.6. The first-order valence-corrected chi connectivity index (χ1v) is 12.2. The van der Waals surface area contributed by atoms with Crippen LogP contribution in [0.4, 0.5) is 0 Å². The fourth-order valence-corrected chi connectivity index (χ4v) is 4.13. The van der Waals surface area contributed by atoms with Crippen molar-refractivity contribution in [3.8, 4) is 0 Å². The highest BCUT2D eigenvalue weighted by atomic mass is 16.2. The minimum absolute atomic E-state index is 0.106. The largest absolute Gasteiger partial charge is 0.358 e. The summed E-state index contributed by atoms with van der Waals surface area (Å²) in [5.41, 5.74) is 10.3.